The highest BCUT2D eigenvalue weighted by Crippen LogP contribution is 2.27. The van der Waals surface area contributed by atoms with Gasteiger partial charge in [-0.1, -0.05) is 30.4 Å². The summed E-state index contributed by atoms with van der Waals surface area (Å²) in [6.45, 7) is 0. The molecule has 2 heteroatoms. The van der Waals surface area contributed by atoms with Crippen LogP contribution >= 0.6 is 12.0 Å². The fraction of sp³-hybridized carbons (Fsp3) is 0. The van der Waals surface area contributed by atoms with Crippen molar-refractivity contribution in [1.82, 2.24) is 0 Å². The van der Waals surface area contributed by atoms with Crippen molar-refractivity contribution in [3.05, 3.63) is 41.7 Å². The normalized spacial score (nSPS) is 14.9. The Morgan fingerprint density at radius 1 is 1.18 bits per heavy atom. The summed E-state index contributed by atoms with van der Waals surface area (Å²) in [4.78, 5) is 0. The summed E-state index contributed by atoms with van der Waals surface area (Å²) >= 11 is 1.35. The Morgan fingerprint density at radius 2 is 2.09 bits per heavy atom. The lowest BCUT2D eigenvalue weighted by atomic mass is 10.2. The van der Waals surface area contributed by atoms with Crippen LogP contribution in [0.25, 0.3) is 6.08 Å². The maximum absolute atomic E-state index is 5.35. The first-order valence-electron chi connectivity index (χ1n) is 3.39. The summed E-state index contributed by atoms with van der Waals surface area (Å²) in [6.07, 6.45) is 4.02. The van der Waals surface area contributed by atoms with Crippen molar-refractivity contribution < 1.29 is 4.18 Å². The van der Waals surface area contributed by atoms with Gasteiger partial charge in [0, 0.05) is 5.56 Å². The lowest BCUT2D eigenvalue weighted by Crippen LogP contribution is -1.80. The highest BCUT2D eigenvalue weighted by molar-refractivity contribution is 7.97. The zero-order valence-corrected chi connectivity index (χ0v) is 6.67. The lowest BCUT2D eigenvalue weighted by molar-refractivity contribution is 0.650. The molecule has 0 saturated heterocycles. The van der Waals surface area contributed by atoms with Gasteiger partial charge < -0.3 is 4.18 Å². The number of para-hydroxylation sites is 1. The Morgan fingerprint density at radius 3 is 3.09 bits per heavy atom. The predicted molar refractivity (Wildman–Crippen MR) is 48.0 cm³/mol. The minimum absolute atomic E-state index is 0.933. The summed E-state index contributed by atoms with van der Waals surface area (Å²) in [6, 6.07) is 7.97. The Hall–Kier alpha value is -0.890. The summed E-state index contributed by atoms with van der Waals surface area (Å²) in [5.41, 5.74) is 1.13. The largest absolute Gasteiger partial charge is 0.425 e. The second-order valence-electron chi connectivity index (χ2n) is 2.21. The average molecular weight is 163 g/mol. The van der Waals surface area contributed by atoms with E-state index in [2.05, 4.69) is 0 Å². The van der Waals surface area contributed by atoms with Crippen LogP contribution in [-0.4, -0.2) is 0 Å². The van der Waals surface area contributed by atoms with Gasteiger partial charge >= 0.3 is 0 Å². The van der Waals surface area contributed by atoms with E-state index in [0.29, 0.717) is 0 Å². The number of fused-ring (bicyclic) bond motifs is 1. The van der Waals surface area contributed by atoms with Crippen molar-refractivity contribution >= 4 is 18.1 Å². The van der Waals surface area contributed by atoms with E-state index < -0.39 is 0 Å². The van der Waals surface area contributed by atoms with Crippen LogP contribution in [0.4, 0.5) is 0 Å². The third-order valence-corrected chi connectivity index (χ3v) is 2.01. The number of hydrogen-bond donors (Lipinski definition) is 0. The Bertz CT molecular complexity index is 281. The molecule has 0 fully saturated rings. The van der Waals surface area contributed by atoms with Gasteiger partial charge in [0.25, 0.3) is 0 Å². The zero-order chi connectivity index (χ0) is 7.52. The van der Waals surface area contributed by atoms with Crippen molar-refractivity contribution in [2.24, 2.45) is 0 Å². The maximum atomic E-state index is 5.35. The number of benzene rings is 1. The SMILES string of the molecule is [CH]1C=Cc2ccccc2OS1. The van der Waals surface area contributed by atoms with Gasteiger partial charge in [0.15, 0.2) is 0 Å². The fourth-order valence-corrected chi connectivity index (χ4v) is 1.40. The molecule has 1 aromatic carbocycles. The number of hydrogen-bond acceptors (Lipinski definition) is 2. The third kappa shape index (κ3) is 1.40. The molecular formula is C9H7OS. The maximum Gasteiger partial charge on any atom is 0.144 e. The Balaban J connectivity index is 2.45. The molecule has 55 valence electrons. The molecule has 1 nitrogen and oxygen atoms in total. The van der Waals surface area contributed by atoms with Crippen LogP contribution in [0.5, 0.6) is 5.75 Å². The highest BCUT2D eigenvalue weighted by atomic mass is 32.2. The minimum Gasteiger partial charge on any atom is -0.425 e. The Kier molecular flexibility index (Phi) is 1.86. The molecule has 0 saturated carbocycles. The van der Waals surface area contributed by atoms with E-state index >= 15 is 0 Å². The minimum atomic E-state index is 0.933. The van der Waals surface area contributed by atoms with Crippen LogP contribution in [0.3, 0.4) is 0 Å². The molecular weight excluding hydrogens is 156 g/mol. The first-order chi connectivity index (χ1) is 5.47. The van der Waals surface area contributed by atoms with Crippen LogP contribution in [0.1, 0.15) is 5.56 Å². The summed E-state index contributed by atoms with van der Waals surface area (Å²) in [5, 5.41) is 0. The van der Waals surface area contributed by atoms with E-state index in [-0.39, 0.29) is 0 Å². The molecule has 2 rings (SSSR count). The fourth-order valence-electron chi connectivity index (χ4n) is 0.949. The first kappa shape index (κ1) is 6.80. The summed E-state index contributed by atoms with van der Waals surface area (Å²) in [5.74, 6) is 2.85. The van der Waals surface area contributed by atoms with Crippen molar-refractivity contribution in [1.29, 1.82) is 0 Å². The van der Waals surface area contributed by atoms with Crippen LogP contribution < -0.4 is 4.18 Å². The van der Waals surface area contributed by atoms with E-state index in [9.17, 15) is 0 Å². The van der Waals surface area contributed by atoms with Gasteiger partial charge in [0.2, 0.25) is 0 Å². The van der Waals surface area contributed by atoms with Crippen LogP contribution in [0.2, 0.25) is 0 Å². The summed E-state index contributed by atoms with van der Waals surface area (Å²) < 4.78 is 5.35. The molecule has 0 atom stereocenters. The van der Waals surface area contributed by atoms with Crippen LogP contribution in [-0.2, 0) is 0 Å². The van der Waals surface area contributed by atoms with Crippen molar-refractivity contribution in [3.63, 3.8) is 0 Å². The van der Waals surface area contributed by atoms with Gasteiger partial charge in [-0.3, -0.25) is 0 Å². The molecule has 0 bridgehead atoms. The number of rotatable bonds is 0. The van der Waals surface area contributed by atoms with E-state index in [1.54, 1.807) is 0 Å². The van der Waals surface area contributed by atoms with Crippen LogP contribution in [0.15, 0.2) is 30.3 Å². The predicted octanol–water partition coefficient (Wildman–Crippen LogP) is 2.90. The lowest BCUT2D eigenvalue weighted by Gasteiger charge is -2.01. The molecule has 0 N–H and O–H groups in total. The van der Waals surface area contributed by atoms with Gasteiger partial charge in [-0.25, -0.2) is 0 Å². The second kappa shape index (κ2) is 3.01. The van der Waals surface area contributed by atoms with Crippen molar-refractivity contribution in [3.8, 4) is 5.75 Å². The standard InChI is InChI=1S/C9H7OS/c1-2-6-9-8(4-1)5-3-7-11-10-9/h1-7H. The molecule has 1 aliphatic rings. The highest BCUT2D eigenvalue weighted by Gasteiger charge is 2.02. The first-order valence-corrected chi connectivity index (χ1v) is 4.19. The molecule has 11 heavy (non-hydrogen) atoms. The zero-order valence-electron chi connectivity index (χ0n) is 5.86. The molecule has 0 unspecified atom stereocenters. The molecule has 1 aromatic rings. The van der Waals surface area contributed by atoms with E-state index in [1.165, 1.54) is 12.0 Å². The molecule has 1 heterocycles. The van der Waals surface area contributed by atoms with Crippen LogP contribution in [0, 0.1) is 5.75 Å². The van der Waals surface area contributed by atoms with Crippen molar-refractivity contribution in [2.75, 3.05) is 0 Å². The molecule has 0 spiro atoms. The quantitative estimate of drug-likeness (QED) is 0.544. The van der Waals surface area contributed by atoms with Gasteiger partial charge in [-0.15, -0.1) is 0 Å². The van der Waals surface area contributed by atoms with E-state index in [1.807, 2.05) is 42.2 Å². The second-order valence-corrected chi connectivity index (χ2v) is 2.84. The molecule has 1 radical (unpaired) electrons. The van der Waals surface area contributed by atoms with E-state index in [0.717, 1.165) is 11.3 Å². The summed E-state index contributed by atoms with van der Waals surface area (Å²) in [7, 11) is 0. The Labute approximate surface area is 70.3 Å². The van der Waals surface area contributed by atoms with E-state index in [4.69, 9.17) is 4.18 Å². The average Bonchev–Trinajstić information content (AvgIpc) is 2.28. The van der Waals surface area contributed by atoms with Gasteiger partial charge in [-0.2, -0.15) is 0 Å². The van der Waals surface area contributed by atoms with Gasteiger partial charge in [0.1, 0.15) is 5.75 Å². The monoisotopic (exact) mass is 163 g/mol. The smallest absolute Gasteiger partial charge is 0.144 e. The molecule has 1 aliphatic heterocycles. The molecule has 0 aliphatic carbocycles. The van der Waals surface area contributed by atoms with Gasteiger partial charge in [0.05, 0.1) is 17.8 Å². The topological polar surface area (TPSA) is 9.23 Å². The third-order valence-electron chi connectivity index (χ3n) is 1.47. The van der Waals surface area contributed by atoms with Gasteiger partial charge in [-0.05, 0) is 6.07 Å². The van der Waals surface area contributed by atoms with Crippen molar-refractivity contribution in [2.45, 2.75) is 0 Å². The molecule has 0 aromatic heterocycles. The molecule has 0 amide bonds.